The molecule has 160 valence electrons. The van der Waals surface area contributed by atoms with Gasteiger partial charge in [0.1, 0.15) is 11.8 Å². The van der Waals surface area contributed by atoms with E-state index in [0.717, 1.165) is 30.6 Å². The Kier molecular flexibility index (Phi) is 7.66. The van der Waals surface area contributed by atoms with Gasteiger partial charge in [-0.2, -0.15) is 9.29 Å². The molecule has 2 heterocycles. The van der Waals surface area contributed by atoms with E-state index in [1.165, 1.54) is 19.3 Å². The van der Waals surface area contributed by atoms with Gasteiger partial charge in [0, 0.05) is 12.1 Å². The molecule has 1 atom stereocenters. The van der Waals surface area contributed by atoms with E-state index in [1.54, 1.807) is 11.4 Å². The van der Waals surface area contributed by atoms with Gasteiger partial charge in [-0.3, -0.25) is 0 Å². The van der Waals surface area contributed by atoms with Crippen molar-refractivity contribution in [3.63, 3.8) is 0 Å². The van der Waals surface area contributed by atoms with Crippen LogP contribution in [0.5, 0.6) is 5.75 Å². The Bertz CT molecular complexity index is 864. The third-order valence-electron chi connectivity index (χ3n) is 5.39. The lowest BCUT2D eigenvalue weighted by Gasteiger charge is -2.21. The van der Waals surface area contributed by atoms with Crippen LogP contribution in [0.2, 0.25) is 0 Å². The second-order valence-corrected chi connectivity index (χ2v) is 9.58. The number of hydrogen-bond acceptors (Lipinski definition) is 6. The zero-order valence-electron chi connectivity index (χ0n) is 17.3. The maximum absolute atomic E-state index is 12.9. The van der Waals surface area contributed by atoms with Gasteiger partial charge in [-0.25, -0.2) is 8.42 Å². The predicted molar refractivity (Wildman–Crippen MR) is 112 cm³/mol. The number of ether oxygens (including phenoxy) is 1. The largest absolute Gasteiger partial charge is 0.497 e. The van der Waals surface area contributed by atoms with Crippen molar-refractivity contribution in [3.05, 3.63) is 30.2 Å². The summed E-state index contributed by atoms with van der Waals surface area (Å²) in [6.07, 6.45) is 7.86. The molecule has 2 aromatic rings. The van der Waals surface area contributed by atoms with Gasteiger partial charge in [0.25, 0.3) is 0 Å². The van der Waals surface area contributed by atoms with Crippen LogP contribution in [0, 0.1) is 0 Å². The third-order valence-corrected chi connectivity index (χ3v) is 7.35. The standard InChI is InChI=1S/C21H31N3O4S/c1-3-4-5-6-7-8-16-29(25,26)24-15-9-10-19(24)21-22-20(23-28-21)17-11-13-18(27-2)14-12-17/h11-14,19H,3-10,15-16H2,1-2H3. The van der Waals surface area contributed by atoms with Gasteiger partial charge < -0.3 is 9.26 Å². The Morgan fingerprint density at radius 3 is 2.59 bits per heavy atom. The quantitative estimate of drug-likeness (QED) is 0.494. The first-order chi connectivity index (χ1) is 14.0. The monoisotopic (exact) mass is 421 g/mol. The van der Waals surface area contributed by atoms with Crippen LogP contribution in [-0.2, 0) is 10.0 Å². The van der Waals surface area contributed by atoms with E-state index in [-0.39, 0.29) is 11.8 Å². The Hall–Kier alpha value is -1.93. The van der Waals surface area contributed by atoms with Crippen molar-refractivity contribution in [2.45, 2.75) is 64.3 Å². The van der Waals surface area contributed by atoms with Crippen LogP contribution in [0.1, 0.15) is 70.2 Å². The summed E-state index contributed by atoms with van der Waals surface area (Å²) in [5.41, 5.74) is 0.806. The highest BCUT2D eigenvalue weighted by molar-refractivity contribution is 7.89. The number of sulfonamides is 1. The highest BCUT2D eigenvalue weighted by Gasteiger charge is 2.38. The van der Waals surface area contributed by atoms with Crippen molar-refractivity contribution < 1.29 is 17.7 Å². The number of aromatic nitrogens is 2. The van der Waals surface area contributed by atoms with E-state index in [4.69, 9.17) is 9.26 Å². The van der Waals surface area contributed by atoms with Gasteiger partial charge in [0.05, 0.1) is 12.9 Å². The zero-order valence-corrected chi connectivity index (χ0v) is 18.2. The second-order valence-electron chi connectivity index (χ2n) is 7.54. The average molecular weight is 422 g/mol. The van der Waals surface area contributed by atoms with Gasteiger partial charge in [0.15, 0.2) is 0 Å². The summed E-state index contributed by atoms with van der Waals surface area (Å²) in [6.45, 7) is 2.69. The molecule has 0 amide bonds. The van der Waals surface area contributed by atoms with Crippen LogP contribution in [-0.4, -0.2) is 42.3 Å². The number of rotatable bonds is 11. The number of methoxy groups -OCH3 is 1. The number of hydrogen-bond donors (Lipinski definition) is 0. The molecule has 7 nitrogen and oxygen atoms in total. The molecule has 0 spiro atoms. The SMILES string of the molecule is CCCCCCCCS(=O)(=O)N1CCCC1c1nc(-c2ccc(OC)cc2)no1. The van der Waals surface area contributed by atoms with Gasteiger partial charge in [-0.1, -0.05) is 44.2 Å². The first-order valence-corrected chi connectivity index (χ1v) is 12.1. The number of benzene rings is 1. The molecule has 0 aliphatic carbocycles. The van der Waals surface area contributed by atoms with E-state index in [1.807, 2.05) is 24.3 Å². The minimum atomic E-state index is -3.33. The van der Waals surface area contributed by atoms with Crippen LogP contribution >= 0.6 is 0 Å². The van der Waals surface area contributed by atoms with E-state index in [9.17, 15) is 8.42 Å². The lowest BCUT2D eigenvalue weighted by Crippen LogP contribution is -2.32. The zero-order chi connectivity index (χ0) is 20.7. The van der Waals surface area contributed by atoms with Gasteiger partial charge in [0.2, 0.25) is 21.7 Å². The lowest BCUT2D eigenvalue weighted by molar-refractivity contribution is 0.290. The molecule has 1 unspecified atom stereocenters. The van der Waals surface area contributed by atoms with E-state index >= 15 is 0 Å². The topological polar surface area (TPSA) is 85.5 Å². The van der Waals surface area contributed by atoms with E-state index in [0.29, 0.717) is 31.1 Å². The molecular weight excluding hydrogens is 390 g/mol. The second kappa shape index (κ2) is 10.2. The molecular formula is C21H31N3O4S. The molecule has 0 N–H and O–H groups in total. The van der Waals surface area contributed by atoms with Crippen LogP contribution in [0.15, 0.2) is 28.8 Å². The lowest BCUT2D eigenvalue weighted by atomic mass is 10.1. The minimum Gasteiger partial charge on any atom is -0.497 e. The minimum absolute atomic E-state index is 0.190. The third kappa shape index (κ3) is 5.57. The Balaban J connectivity index is 1.63. The molecule has 29 heavy (non-hydrogen) atoms. The van der Waals surface area contributed by atoms with Gasteiger partial charge in [-0.05, 0) is 43.5 Å². The van der Waals surface area contributed by atoms with Crippen LogP contribution in [0.25, 0.3) is 11.4 Å². The van der Waals surface area contributed by atoms with Crippen molar-refractivity contribution in [1.29, 1.82) is 0 Å². The van der Waals surface area contributed by atoms with Crippen molar-refractivity contribution in [3.8, 4) is 17.1 Å². The van der Waals surface area contributed by atoms with Crippen LogP contribution < -0.4 is 4.74 Å². The van der Waals surface area contributed by atoms with Crippen LogP contribution in [0.4, 0.5) is 0 Å². The molecule has 1 aromatic heterocycles. The van der Waals surface area contributed by atoms with Gasteiger partial charge in [-0.15, -0.1) is 0 Å². The summed E-state index contributed by atoms with van der Waals surface area (Å²) >= 11 is 0. The first-order valence-electron chi connectivity index (χ1n) is 10.5. The summed E-state index contributed by atoms with van der Waals surface area (Å²) in [6, 6.07) is 7.01. The molecule has 3 rings (SSSR count). The van der Waals surface area contributed by atoms with E-state index in [2.05, 4.69) is 17.1 Å². The summed E-state index contributed by atoms with van der Waals surface area (Å²) in [5, 5.41) is 4.06. The fraction of sp³-hybridized carbons (Fsp3) is 0.619. The fourth-order valence-electron chi connectivity index (χ4n) is 3.73. The van der Waals surface area contributed by atoms with E-state index < -0.39 is 10.0 Å². The molecule has 1 aromatic carbocycles. The normalized spacial score (nSPS) is 17.7. The summed E-state index contributed by atoms with van der Waals surface area (Å²) < 4.78 is 37.9. The maximum Gasteiger partial charge on any atom is 0.245 e. The first kappa shape index (κ1) is 21.8. The maximum atomic E-state index is 12.9. The highest BCUT2D eigenvalue weighted by atomic mass is 32.2. The van der Waals surface area contributed by atoms with Crippen molar-refractivity contribution >= 4 is 10.0 Å². The average Bonchev–Trinajstić information content (AvgIpc) is 3.40. The molecule has 0 radical (unpaired) electrons. The molecule has 1 saturated heterocycles. The number of nitrogens with zero attached hydrogens (tertiary/aromatic N) is 3. The number of unbranched alkanes of at least 4 members (excludes halogenated alkanes) is 5. The molecule has 0 saturated carbocycles. The van der Waals surface area contributed by atoms with Gasteiger partial charge >= 0.3 is 0 Å². The Morgan fingerprint density at radius 2 is 1.86 bits per heavy atom. The summed E-state index contributed by atoms with van der Waals surface area (Å²) in [5.74, 6) is 1.78. The molecule has 1 aliphatic heterocycles. The van der Waals surface area contributed by atoms with Crippen molar-refractivity contribution in [1.82, 2.24) is 14.4 Å². The van der Waals surface area contributed by atoms with Crippen molar-refractivity contribution in [2.24, 2.45) is 0 Å². The fourth-order valence-corrected chi connectivity index (χ4v) is 5.52. The Morgan fingerprint density at radius 1 is 1.14 bits per heavy atom. The Labute approximate surface area is 173 Å². The van der Waals surface area contributed by atoms with Crippen molar-refractivity contribution in [2.75, 3.05) is 19.4 Å². The molecule has 8 heteroatoms. The smallest absolute Gasteiger partial charge is 0.245 e. The molecule has 1 fully saturated rings. The molecule has 0 bridgehead atoms. The van der Waals surface area contributed by atoms with Crippen LogP contribution in [0.3, 0.4) is 0 Å². The highest BCUT2D eigenvalue weighted by Crippen LogP contribution is 2.34. The predicted octanol–water partition coefficient (Wildman–Crippen LogP) is 4.57. The summed E-state index contributed by atoms with van der Waals surface area (Å²) in [7, 11) is -1.71. The summed E-state index contributed by atoms with van der Waals surface area (Å²) in [4.78, 5) is 4.49. The molecule has 1 aliphatic rings.